The van der Waals surface area contributed by atoms with Crippen molar-refractivity contribution in [2.24, 2.45) is 0 Å². The fourth-order valence-electron chi connectivity index (χ4n) is 1.59. The average molecular weight is 336 g/mol. The third-order valence-corrected chi connectivity index (χ3v) is 3.13. The molecule has 1 aromatic carbocycles. The summed E-state index contributed by atoms with van der Waals surface area (Å²) in [6.45, 7) is 2.50. The number of aromatic nitrogens is 1. The monoisotopic (exact) mass is 335 g/mol. The van der Waals surface area contributed by atoms with Crippen LogP contribution in [-0.2, 0) is 0 Å². The van der Waals surface area contributed by atoms with Crippen molar-refractivity contribution in [3.63, 3.8) is 0 Å². The fraction of sp³-hybridized carbons (Fsp3) is 0.143. The highest BCUT2D eigenvalue weighted by Gasteiger charge is 2.09. The van der Waals surface area contributed by atoms with Crippen LogP contribution in [0.1, 0.15) is 17.3 Å². The van der Waals surface area contributed by atoms with Crippen molar-refractivity contribution in [3.05, 3.63) is 46.6 Å². The highest BCUT2D eigenvalue weighted by molar-refractivity contribution is 9.10. The van der Waals surface area contributed by atoms with Crippen LogP contribution in [0.15, 0.2) is 41.0 Å². The topological polar surface area (TPSA) is 77.2 Å². The number of halogens is 1. The van der Waals surface area contributed by atoms with E-state index in [2.05, 4.69) is 26.2 Å². The van der Waals surface area contributed by atoms with Gasteiger partial charge in [0.15, 0.2) is 0 Å². The van der Waals surface area contributed by atoms with E-state index in [9.17, 15) is 4.79 Å². The molecule has 20 heavy (non-hydrogen) atoms. The van der Waals surface area contributed by atoms with Crippen LogP contribution < -0.4 is 15.8 Å². The SMILES string of the molecule is CCOc1ccc(C(=O)Nc2ncc(N)cc2Br)cc1. The van der Waals surface area contributed by atoms with Crippen LogP contribution in [0.4, 0.5) is 11.5 Å². The number of ether oxygens (including phenoxy) is 1. The van der Waals surface area contributed by atoms with E-state index < -0.39 is 0 Å². The Bertz CT molecular complexity index is 614. The lowest BCUT2D eigenvalue weighted by molar-refractivity contribution is 0.102. The Balaban J connectivity index is 2.11. The van der Waals surface area contributed by atoms with Gasteiger partial charge in [0.05, 0.1) is 23.0 Å². The van der Waals surface area contributed by atoms with Gasteiger partial charge in [-0.15, -0.1) is 0 Å². The van der Waals surface area contributed by atoms with Gasteiger partial charge in [-0.1, -0.05) is 0 Å². The lowest BCUT2D eigenvalue weighted by Gasteiger charge is -2.08. The standard InChI is InChI=1S/C14H14BrN3O2/c1-2-20-11-5-3-9(4-6-11)14(19)18-13-12(15)7-10(16)8-17-13/h3-8H,2,16H2,1H3,(H,17,18,19). The van der Waals surface area contributed by atoms with Crippen LogP contribution in [0, 0.1) is 0 Å². The molecule has 0 bridgehead atoms. The summed E-state index contributed by atoms with van der Waals surface area (Å²) in [4.78, 5) is 16.1. The van der Waals surface area contributed by atoms with Gasteiger partial charge in [0.25, 0.3) is 5.91 Å². The van der Waals surface area contributed by atoms with Gasteiger partial charge >= 0.3 is 0 Å². The van der Waals surface area contributed by atoms with Gasteiger partial charge < -0.3 is 15.8 Å². The highest BCUT2D eigenvalue weighted by Crippen LogP contribution is 2.22. The number of carbonyl (C=O) groups is 1. The molecular formula is C14H14BrN3O2. The van der Waals surface area contributed by atoms with E-state index in [1.54, 1.807) is 30.3 Å². The van der Waals surface area contributed by atoms with Gasteiger partial charge in [0, 0.05) is 5.56 Å². The molecule has 1 aromatic heterocycles. The van der Waals surface area contributed by atoms with Crippen LogP contribution in [0.5, 0.6) is 5.75 Å². The molecule has 104 valence electrons. The summed E-state index contributed by atoms with van der Waals surface area (Å²) in [6.07, 6.45) is 1.48. The molecule has 0 atom stereocenters. The molecule has 1 amide bonds. The summed E-state index contributed by atoms with van der Waals surface area (Å²) in [5.74, 6) is 0.917. The summed E-state index contributed by atoms with van der Waals surface area (Å²) < 4.78 is 5.96. The Labute approximate surface area is 125 Å². The van der Waals surface area contributed by atoms with Gasteiger partial charge in [-0.2, -0.15) is 0 Å². The minimum Gasteiger partial charge on any atom is -0.494 e. The zero-order valence-electron chi connectivity index (χ0n) is 10.9. The first-order valence-electron chi connectivity index (χ1n) is 6.05. The molecule has 5 nitrogen and oxygen atoms in total. The summed E-state index contributed by atoms with van der Waals surface area (Å²) in [6, 6.07) is 8.59. The van der Waals surface area contributed by atoms with Gasteiger partial charge in [-0.3, -0.25) is 4.79 Å². The number of nitrogens with two attached hydrogens (primary N) is 1. The van der Waals surface area contributed by atoms with Gasteiger partial charge in [0.2, 0.25) is 0 Å². The molecule has 6 heteroatoms. The van der Waals surface area contributed by atoms with E-state index >= 15 is 0 Å². The zero-order chi connectivity index (χ0) is 14.5. The smallest absolute Gasteiger partial charge is 0.256 e. The number of rotatable bonds is 4. The quantitative estimate of drug-likeness (QED) is 0.900. The first-order chi connectivity index (χ1) is 9.60. The number of nitrogens with zero attached hydrogens (tertiary/aromatic N) is 1. The van der Waals surface area contributed by atoms with E-state index in [1.807, 2.05) is 6.92 Å². The number of nitrogen functional groups attached to an aromatic ring is 1. The molecular weight excluding hydrogens is 322 g/mol. The third kappa shape index (κ3) is 3.48. The number of anilines is 2. The molecule has 1 heterocycles. The second kappa shape index (κ2) is 6.38. The Hall–Kier alpha value is -2.08. The summed E-state index contributed by atoms with van der Waals surface area (Å²) >= 11 is 3.30. The zero-order valence-corrected chi connectivity index (χ0v) is 12.5. The molecule has 2 rings (SSSR count). The van der Waals surface area contributed by atoms with E-state index in [-0.39, 0.29) is 5.91 Å². The van der Waals surface area contributed by atoms with Crippen molar-refractivity contribution in [1.82, 2.24) is 4.98 Å². The molecule has 0 radical (unpaired) electrons. The molecule has 0 fully saturated rings. The number of amides is 1. The molecule has 3 N–H and O–H groups in total. The molecule has 0 saturated carbocycles. The number of pyridine rings is 1. The third-order valence-electron chi connectivity index (χ3n) is 2.52. The van der Waals surface area contributed by atoms with E-state index in [1.165, 1.54) is 6.20 Å². The normalized spacial score (nSPS) is 10.1. The minimum atomic E-state index is -0.244. The predicted molar refractivity (Wildman–Crippen MR) is 81.9 cm³/mol. The Morgan fingerprint density at radius 3 is 2.70 bits per heavy atom. The number of carbonyl (C=O) groups excluding carboxylic acids is 1. The van der Waals surface area contributed by atoms with Crippen molar-refractivity contribution in [3.8, 4) is 5.75 Å². The van der Waals surface area contributed by atoms with E-state index in [4.69, 9.17) is 10.5 Å². The largest absolute Gasteiger partial charge is 0.494 e. The number of hydrogen-bond donors (Lipinski definition) is 2. The fourth-order valence-corrected chi connectivity index (χ4v) is 2.06. The van der Waals surface area contributed by atoms with Gasteiger partial charge in [0.1, 0.15) is 11.6 Å². The maximum Gasteiger partial charge on any atom is 0.256 e. The van der Waals surface area contributed by atoms with Crippen LogP contribution in [0.2, 0.25) is 0 Å². The maximum atomic E-state index is 12.1. The van der Waals surface area contributed by atoms with E-state index in [0.717, 1.165) is 5.75 Å². The average Bonchev–Trinajstić information content (AvgIpc) is 2.43. The van der Waals surface area contributed by atoms with Crippen molar-refractivity contribution in [2.75, 3.05) is 17.7 Å². The molecule has 0 spiro atoms. The number of hydrogen-bond acceptors (Lipinski definition) is 4. The summed E-state index contributed by atoms with van der Waals surface area (Å²) in [5.41, 5.74) is 6.65. The first kappa shape index (κ1) is 14.3. The van der Waals surface area contributed by atoms with Crippen LogP contribution in [0.25, 0.3) is 0 Å². The molecule has 0 unspecified atom stereocenters. The molecule has 0 aliphatic carbocycles. The second-order valence-electron chi connectivity index (χ2n) is 4.01. The number of nitrogens with one attached hydrogen (secondary N) is 1. The minimum absolute atomic E-state index is 0.244. The Morgan fingerprint density at radius 1 is 1.40 bits per heavy atom. The Kier molecular flexibility index (Phi) is 4.57. The van der Waals surface area contributed by atoms with Crippen molar-refractivity contribution in [2.45, 2.75) is 6.92 Å². The molecule has 2 aromatic rings. The first-order valence-corrected chi connectivity index (χ1v) is 6.84. The van der Waals surface area contributed by atoms with Crippen LogP contribution >= 0.6 is 15.9 Å². The molecule has 0 saturated heterocycles. The van der Waals surface area contributed by atoms with Gasteiger partial charge in [-0.05, 0) is 53.2 Å². The van der Waals surface area contributed by atoms with Crippen LogP contribution in [-0.4, -0.2) is 17.5 Å². The van der Waals surface area contributed by atoms with E-state index in [0.29, 0.717) is 28.1 Å². The lowest BCUT2D eigenvalue weighted by atomic mass is 10.2. The van der Waals surface area contributed by atoms with Crippen molar-refractivity contribution < 1.29 is 9.53 Å². The van der Waals surface area contributed by atoms with Crippen molar-refractivity contribution >= 4 is 33.3 Å². The summed E-state index contributed by atoms with van der Waals surface area (Å²) in [5, 5.41) is 2.71. The van der Waals surface area contributed by atoms with Crippen molar-refractivity contribution in [1.29, 1.82) is 0 Å². The maximum absolute atomic E-state index is 12.1. The van der Waals surface area contributed by atoms with Gasteiger partial charge in [-0.25, -0.2) is 4.98 Å². The van der Waals surface area contributed by atoms with Crippen LogP contribution in [0.3, 0.4) is 0 Å². The molecule has 0 aliphatic rings. The Morgan fingerprint density at radius 2 is 2.10 bits per heavy atom. The highest BCUT2D eigenvalue weighted by atomic mass is 79.9. The second-order valence-corrected chi connectivity index (χ2v) is 4.86. The number of benzene rings is 1. The lowest BCUT2D eigenvalue weighted by Crippen LogP contribution is -2.13. The molecule has 0 aliphatic heterocycles. The predicted octanol–water partition coefficient (Wildman–Crippen LogP) is 3.08. The summed E-state index contributed by atoms with van der Waals surface area (Å²) in [7, 11) is 0.